The fourth-order valence-corrected chi connectivity index (χ4v) is 2.82. The van der Waals surface area contributed by atoms with Crippen LogP contribution in [0, 0.1) is 6.92 Å². The number of carbonyl (C=O) groups is 1. The van der Waals surface area contributed by atoms with Gasteiger partial charge in [-0.15, -0.1) is 0 Å². The summed E-state index contributed by atoms with van der Waals surface area (Å²) in [7, 11) is 0. The summed E-state index contributed by atoms with van der Waals surface area (Å²) in [5.41, 5.74) is 3.99. The van der Waals surface area contributed by atoms with Gasteiger partial charge in [-0.25, -0.2) is 4.98 Å². The lowest BCUT2D eigenvalue weighted by Gasteiger charge is -2.13. The zero-order chi connectivity index (χ0) is 14.7. The molecule has 1 amide bonds. The van der Waals surface area contributed by atoms with Crippen molar-refractivity contribution in [3.63, 3.8) is 0 Å². The first-order chi connectivity index (χ1) is 10.2. The summed E-state index contributed by atoms with van der Waals surface area (Å²) >= 11 is 0. The predicted molar refractivity (Wildman–Crippen MR) is 83.4 cm³/mol. The number of nitrogens with one attached hydrogen (secondary N) is 1. The average molecular weight is 283 g/mol. The van der Waals surface area contributed by atoms with E-state index >= 15 is 0 Å². The highest BCUT2D eigenvalue weighted by atomic mass is 16.1. The number of aryl methyl sites for hydroxylation is 1. The topological polar surface area (TPSA) is 46.4 Å². The van der Waals surface area contributed by atoms with Gasteiger partial charge in [-0.2, -0.15) is 0 Å². The number of pyridine rings is 1. The van der Waals surface area contributed by atoms with Crippen LogP contribution < -0.4 is 5.32 Å². The zero-order valence-electron chi connectivity index (χ0n) is 12.4. The van der Waals surface area contributed by atoms with Gasteiger partial charge in [0.05, 0.1) is 11.3 Å². The van der Waals surface area contributed by atoms with Crippen molar-refractivity contribution in [1.29, 1.82) is 0 Å². The minimum Gasteiger partial charge on any atom is -0.352 e. The molecule has 2 aromatic heterocycles. The Kier molecular flexibility index (Phi) is 4.04. The molecular formula is C17H21N3O. The highest BCUT2D eigenvalue weighted by molar-refractivity contribution is 5.94. The lowest BCUT2D eigenvalue weighted by molar-refractivity contribution is 0.0953. The molecule has 0 bridgehead atoms. The van der Waals surface area contributed by atoms with Crippen molar-refractivity contribution in [2.24, 2.45) is 0 Å². The van der Waals surface area contributed by atoms with E-state index in [1.807, 2.05) is 35.9 Å². The summed E-state index contributed by atoms with van der Waals surface area (Å²) in [6.07, 6.45) is 12.0. The van der Waals surface area contributed by atoms with Crippen LogP contribution in [0.3, 0.4) is 0 Å². The first-order valence-electron chi connectivity index (χ1n) is 7.64. The van der Waals surface area contributed by atoms with Crippen LogP contribution in [0.15, 0.2) is 36.2 Å². The molecule has 1 aliphatic carbocycles. The minimum atomic E-state index is -0.0142. The van der Waals surface area contributed by atoms with Gasteiger partial charge in [0.2, 0.25) is 0 Å². The second-order valence-electron chi connectivity index (χ2n) is 5.68. The Labute approximate surface area is 124 Å². The minimum absolute atomic E-state index is 0.0142. The fraction of sp³-hybridized carbons (Fsp3) is 0.412. The SMILES string of the molecule is Cc1cn2cc(C(=O)NCCC3=CCCCC3)ccc2n1. The number of imidazole rings is 1. The van der Waals surface area contributed by atoms with Gasteiger partial charge >= 0.3 is 0 Å². The number of hydrogen-bond acceptors (Lipinski definition) is 2. The lowest BCUT2D eigenvalue weighted by atomic mass is 9.97. The van der Waals surface area contributed by atoms with Crippen LogP contribution in [0.5, 0.6) is 0 Å². The number of rotatable bonds is 4. The van der Waals surface area contributed by atoms with E-state index < -0.39 is 0 Å². The van der Waals surface area contributed by atoms with E-state index in [0.29, 0.717) is 12.1 Å². The van der Waals surface area contributed by atoms with Gasteiger partial charge in [0, 0.05) is 18.9 Å². The molecule has 1 aliphatic rings. The number of fused-ring (bicyclic) bond motifs is 1. The number of amides is 1. The summed E-state index contributed by atoms with van der Waals surface area (Å²) < 4.78 is 1.90. The highest BCUT2D eigenvalue weighted by Gasteiger charge is 2.08. The molecule has 4 heteroatoms. The first-order valence-corrected chi connectivity index (χ1v) is 7.64. The van der Waals surface area contributed by atoms with Crippen LogP contribution in [0.1, 0.15) is 48.2 Å². The monoisotopic (exact) mass is 283 g/mol. The molecule has 3 rings (SSSR count). The van der Waals surface area contributed by atoms with E-state index in [1.165, 1.54) is 31.3 Å². The third-order valence-corrected chi connectivity index (χ3v) is 3.95. The quantitative estimate of drug-likeness (QED) is 0.875. The van der Waals surface area contributed by atoms with E-state index in [2.05, 4.69) is 16.4 Å². The normalized spacial score (nSPS) is 15.0. The number of allylic oxidation sites excluding steroid dienone is 1. The number of nitrogens with zero attached hydrogens (tertiary/aromatic N) is 2. The van der Waals surface area contributed by atoms with Crippen molar-refractivity contribution in [2.75, 3.05) is 6.54 Å². The van der Waals surface area contributed by atoms with Crippen LogP contribution >= 0.6 is 0 Å². The Morgan fingerprint density at radius 3 is 3.05 bits per heavy atom. The maximum atomic E-state index is 12.2. The molecule has 0 saturated heterocycles. The number of carbonyl (C=O) groups excluding carboxylic acids is 1. The zero-order valence-corrected chi connectivity index (χ0v) is 12.4. The van der Waals surface area contributed by atoms with Gasteiger partial charge in [0.1, 0.15) is 5.65 Å². The van der Waals surface area contributed by atoms with Crippen molar-refractivity contribution in [2.45, 2.75) is 39.0 Å². The molecule has 4 nitrogen and oxygen atoms in total. The van der Waals surface area contributed by atoms with Gasteiger partial charge < -0.3 is 9.72 Å². The molecule has 0 aromatic carbocycles. The summed E-state index contributed by atoms with van der Waals surface area (Å²) in [6.45, 7) is 2.66. The summed E-state index contributed by atoms with van der Waals surface area (Å²) in [6, 6.07) is 3.71. The molecule has 110 valence electrons. The molecule has 0 fully saturated rings. The van der Waals surface area contributed by atoms with Crippen LogP contribution in [0.25, 0.3) is 5.65 Å². The van der Waals surface area contributed by atoms with Crippen molar-refractivity contribution in [3.8, 4) is 0 Å². The molecule has 21 heavy (non-hydrogen) atoms. The molecule has 1 N–H and O–H groups in total. The van der Waals surface area contributed by atoms with E-state index in [-0.39, 0.29) is 5.91 Å². The van der Waals surface area contributed by atoms with Gasteiger partial charge in [-0.1, -0.05) is 11.6 Å². The van der Waals surface area contributed by atoms with Gasteiger partial charge in [-0.3, -0.25) is 4.79 Å². The first kappa shape index (κ1) is 13.9. The molecule has 0 radical (unpaired) electrons. The predicted octanol–water partition coefficient (Wildman–Crippen LogP) is 3.26. The highest BCUT2D eigenvalue weighted by Crippen LogP contribution is 2.19. The maximum Gasteiger partial charge on any atom is 0.252 e. The van der Waals surface area contributed by atoms with Crippen LogP contribution in [0.2, 0.25) is 0 Å². The lowest BCUT2D eigenvalue weighted by Crippen LogP contribution is -2.25. The van der Waals surface area contributed by atoms with E-state index in [0.717, 1.165) is 17.8 Å². The summed E-state index contributed by atoms with van der Waals surface area (Å²) in [5.74, 6) is -0.0142. The fourth-order valence-electron chi connectivity index (χ4n) is 2.82. The van der Waals surface area contributed by atoms with Crippen molar-refractivity contribution < 1.29 is 4.79 Å². The average Bonchev–Trinajstić information content (AvgIpc) is 2.87. The summed E-state index contributed by atoms with van der Waals surface area (Å²) in [4.78, 5) is 16.5. The van der Waals surface area contributed by atoms with Crippen LogP contribution in [-0.2, 0) is 0 Å². The second kappa shape index (κ2) is 6.12. The second-order valence-corrected chi connectivity index (χ2v) is 5.68. The maximum absolute atomic E-state index is 12.2. The Balaban J connectivity index is 1.59. The molecule has 2 aromatic rings. The van der Waals surface area contributed by atoms with E-state index in [9.17, 15) is 4.79 Å². The van der Waals surface area contributed by atoms with Gasteiger partial charge in [-0.05, 0) is 51.2 Å². The van der Waals surface area contributed by atoms with E-state index in [1.54, 1.807) is 0 Å². The van der Waals surface area contributed by atoms with Crippen LogP contribution in [0.4, 0.5) is 0 Å². The third kappa shape index (κ3) is 3.32. The molecule has 2 heterocycles. The Bertz CT molecular complexity index is 684. The molecule has 0 saturated carbocycles. The van der Waals surface area contributed by atoms with Crippen LogP contribution in [-0.4, -0.2) is 21.8 Å². The molecule has 0 aliphatic heterocycles. The number of aromatic nitrogens is 2. The van der Waals surface area contributed by atoms with Gasteiger partial charge in [0.15, 0.2) is 0 Å². The Morgan fingerprint density at radius 2 is 2.24 bits per heavy atom. The van der Waals surface area contributed by atoms with Gasteiger partial charge in [0.25, 0.3) is 5.91 Å². The molecule has 0 atom stereocenters. The largest absolute Gasteiger partial charge is 0.352 e. The Morgan fingerprint density at radius 1 is 1.33 bits per heavy atom. The standard InChI is InChI=1S/C17H21N3O/c1-13-11-20-12-15(7-8-16(20)19-13)17(21)18-10-9-14-5-3-2-4-6-14/h5,7-8,11-12H,2-4,6,9-10H2,1H3,(H,18,21). The van der Waals surface area contributed by atoms with Crippen molar-refractivity contribution in [1.82, 2.24) is 14.7 Å². The summed E-state index contributed by atoms with van der Waals surface area (Å²) in [5, 5.41) is 3.00. The third-order valence-electron chi connectivity index (χ3n) is 3.95. The Hall–Kier alpha value is -2.10. The van der Waals surface area contributed by atoms with Crippen molar-refractivity contribution >= 4 is 11.6 Å². The molecule has 0 spiro atoms. The molecular weight excluding hydrogens is 262 g/mol. The van der Waals surface area contributed by atoms with E-state index in [4.69, 9.17) is 0 Å². The molecule has 0 unspecified atom stereocenters. The smallest absolute Gasteiger partial charge is 0.252 e. The van der Waals surface area contributed by atoms with Crippen molar-refractivity contribution in [3.05, 3.63) is 47.4 Å². The number of hydrogen-bond donors (Lipinski definition) is 1.